The quantitative estimate of drug-likeness (QED) is 0.831. The van der Waals surface area contributed by atoms with E-state index >= 15 is 0 Å². The van der Waals surface area contributed by atoms with Crippen LogP contribution in [0, 0.1) is 0 Å². The molecule has 1 aromatic heterocycles. The number of anilines is 1. The third kappa shape index (κ3) is 2.95. The van der Waals surface area contributed by atoms with Crippen molar-refractivity contribution >= 4 is 23.2 Å². The highest BCUT2D eigenvalue weighted by Crippen LogP contribution is 2.22. The van der Waals surface area contributed by atoms with Gasteiger partial charge in [-0.3, -0.25) is 9.59 Å². The van der Waals surface area contributed by atoms with Crippen molar-refractivity contribution < 1.29 is 4.79 Å². The van der Waals surface area contributed by atoms with Crippen LogP contribution in [0.25, 0.3) is 0 Å². The van der Waals surface area contributed by atoms with Crippen LogP contribution in [0.5, 0.6) is 0 Å². The molecule has 2 heterocycles. The van der Waals surface area contributed by atoms with Gasteiger partial charge in [0.1, 0.15) is 5.02 Å². The van der Waals surface area contributed by atoms with Gasteiger partial charge in [0, 0.05) is 26.7 Å². The number of aromatic nitrogens is 2. The molecule has 20 heavy (non-hydrogen) atoms. The van der Waals surface area contributed by atoms with E-state index in [2.05, 4.69) is 12.0 Å². The van der Waals surface area contributed by atoms with Crippen LogP contribution in [0.15, 0.2) is 11.0 Å². The van der Waals surface area contributed by atoms with Gasteiger partial charge in [0.15, 0.2) is 0 Å². The fourth-order valence-corrected chi connectivity index (χ4v) is 2.64. The van der Waals surface area contributed by atoms with Crippen LogP contribution in [-0.2, 0) is 11.8 Å². The highest BCUT2D eigenvalue weighted by molar-refractivity contribution is 6.33. The molecule has 1 aliphatic heterocycles. The van der Waals surface area contributed by atoms with Gasteiger partial charge in [0.25, 0.3) is 5.56 Å². The van der Waals surface area contributed by atoms with Gasteiger partial charge >= 0.3 is 0 Å². The van der Waals surface area contributed by atoms with E-state index in [-0.39, 0.29) is 23.0 Å². The van der Waals surface area contributed by atoms with Gasteiger partial charge in [-0.25, -0.2) is 4.68 Å². The number of rotatable bonds is 3. The average Bonchev–Trinajstić information content (AvgIpc) is 2.59. The lowest BCUT2D eigenvalue weighted by atomic mass is 10.3. The lowest BCUT2D eigenvalue weighted by molar-refractivity contribution is -0.129. The Morgan fingerprint density at radius 3 is 2.80 bits per heavy atom. The Balaban J connectivity index is 2.24. The molecule has 7 heteroatoms. The Morgan fingerprint density at radius 1 is 1.35 bits per heavy atom. The van der Waals surface area contributed by atoms with Gasteiger partial charge in [-0.1, -0.05) is 18.5 Å². The molecule has 1 aromatic rings. The molecular formula is C13H19ClN4O2. The first-order chi connectivity index (χ1) is 9.54. The molecule has 0 saturated carbocycles. The van der Waals surface area contributed by atoms with Crippen molar-refractivity contribution in [2.45, 2.75) is 19.8 Å². The summed E-state index contributed by atoms with van der Waals surface area (Å²) in [4.78, 5) is 27.7. The minimum atomic E-state index is -0.341. The van der Waals surface area contributed by atoms with E-state index in [0.717, 1.165) is 25.9 Å². The molecule has 0 aliphatic carbocycles. The zero-order valence-corrected chi connectivity index (χ0v) is 12.6. The molecule has 0 bridgehead atoms. The third-order valence-corrected chi connectivity index (χ3v) is 3.78. The Morgan fingerprint density at radius 2 is 2.10 bits per heavy atom. The number of carbonyl (C=O) groups is 1. The fourth-order valence-electron chi connectivity index (χ4n) is 2.35. The summed E-state index contributed by atoms with van der Waals surface area (Å²) in [5.41, 5.74) is 0.202. The predicted molar refractivity (Wildman–Crippen MR) is 78.2 cm³/mol. The van der Waals surface area contributed by atoms with Gasteiger partial charge in [0.2, 0.25) is 5.91 Å². The largest absolute Gasteiger partial charge is 0.359 e. The van der Waals surface area contributed by atoms with Crippen LogP contribution in [-0.4, -0.2) is 46.8 Å². The molecule has 0 N–H and O–H groups in total. The van der Waals surface area contributed by atoms with Crippen molar-refractivity contribution in [1.82, 2.24) is 14.7 Å². The molecule has 6 nitrogen and oxygen atoms in total. The Kier molecular flexibility index (Phi) is 4.65. The first-order valence-corrected chi connectivity index (χ1v) is 7.17. The summed E-state index contributed by atoms with van der Waals surface area (Å²) in [5, 5.41) is 4.10. The molecule has 1 aliphatic rings. The lowest BCUT2D eigenvalue weighted by Crippen LogP contribution is -2.37. The predicted octanol–water partition coefficient (Wildman–Crippen LogP) is 0.882. The molecule has 2 rings (SSSR count). The van der Waals surface area contributed by atoms with Crippen LogP contribution in [0.3, 0.4) is 0 Å². The monoisotopic (exact) mass is 298 g/mol. The van der Waals surface area contributed by atoms with Crippen LogP contribution < -0.4 is 10.5 Å². The maximum Gasteiger partial charge on any atom is 0.287 e. The summed E-state index contributed by atoms with van der Waals surface area (Å²) >= 11 is 6.09. The van der Waals surface area contributed by atoms with E-state index in [1.165, 1.54) is 4.68 Å². The number of halogens is 1. The third-order valence-electron chi connectivity index (χ3n) is 3.43. The average molecular weight is 299 g/mol. The molecule has 0 atom stereocenters. The molecule has 0 aromatic carbocycles. The van der Waals surface area contributed by atoms with E-state index in [9.17, 15) is 9.59 Å². The van der Waals surface area contributed by atoms with Crippen molar-refractivity contribution in [3.63, 3.8) is 0 Å². The van der Waals surface area contributed by atoms with Gasteiger partial charge in [0.05, 0.1) is 18.4 Å². The maximum absolute atomic E-state index is 12.2. The van der Waals surface area contributed by atoms with Gasteiger partial charge in [-0.15, -0.1) is 0 Å². The molecular weight excluding hydrogens is 280 g/mol. The van der Waals surface area contributed by atoms with Crippen LogP contribution in [0.4, 0.5) is 5.69 Å². The van der Waals surface area contributed by atoms with Gasteiger partial charge in [-0.05, 0) is 12.8 Å². The lowest BCUT2D eigenvalue weighted by Gasteiger charge is -2.23. The van der Waals surface area contributed by atoms with Crippen molar-refractivity contribution in [3.05, 3.63) is 21.6 Å². The van der Waals surface area contributed by atoms with E-state index in [1.54, 1.807) is 13.2 Å². The summed E-state index contributed by atoms with van der Waals surface area (Å²) in [6.07, 6.45) is 3.35. The van der Waals surface area contributed by atoms with Gasteiger partial charge < -0.3 is 9.80 Å². The van der Waals surface area contributed by atoms with Gasteiger partial charge in [-0.2, -0.15) is 5.10 Å². The van der Waals surface area contributed by atoms with E-state index in [0.29, 0.717) is 12.2 Å². The smallest absolute Gasteiger partial charge is 0.287 e. The normalized spacial score (nSPS) is 16.4. The van der Waals surface area contributed by atoms with E-state index in [1.807, 2.05) is 9.80 Å². The number of amides is 1. The molecule has 0 spiro atoms. The molecule has 0 radical (unpaired) electrons. The van der Waals surface area contributed by atoms with Crippen molar-refractivity contribution in [2.75, 3.05) is 31.1 Å². The standard InChI is InChI=1S/C13H19ClN4O2/c1-3-5-17-6-4-7-18(9-11(17)19)10-8-15-16(2)13(20)12(10)14/h8H,3-7,9H2,1-2H3. The summed E-state index contributed by atoms with van der Waals surface area (Å²) in [5.74, 6) is 0.0705. The zero-order chi connectivity index (χ0) is 14.7. The Labute approximate surface area is 122 Å². The van der Waals surface area contributed by atoms with Crippen LogP contribution >= 0.6 is 11.6 Å². The molecule has 1 amide bonds. The SMILES string of the molecule is CCCN1CCCN(c2cnn(C)c(=O)c2Cl)CC1=O. The van der Waals surface area contributed by atoms with Crippen molar-refractivity contribution in [1.29, 1.82) is 0 Å². The molecule has 1 fully saturated rings. The second-order valence-electron chi connectivity index (χ2n) is 4.93. The first kappa shape index (κ1) is 14.8. The second-order valence-corrected chi connectivity index (χ2v) is 5.31. The van der Waals surface area contributed by atoms with E-state index in [4.69, 9.17) is 11.6 Å². The van der Waals surface area contributed by atoms with Crippen LogP contribution in [0.1, 0.15) is 19.8 Å². The highest BCUT2D eigenvalue weighted by Gasteiger charge is 2.23. The fraction of sp³-hybridized carbons (Fsp3) is 0.615. The van der Waals surface area contributed by atoms with Crippen molar-refractivity contribution in [3.8, 4) is 0 Å². The number of nitrogens with zero attached hydrogens (tertiary/aromatic N) is 4. The first-order valence-electron chi connectivity index (χ1n) is 6.79. The topological polar surface area (TPSA) is 58.4 Å². The number of hydrogen-bond donors (Lipinski definition) is 0. The number of carbonyl (C=O) groups excluding carboxylic acids is 1. The van der Waals surface area contributed by atoms with Crippen LogP contribution in [0.2, 0.25) is 5.02 Å². The Bertz CT molecular complexity index is 558. The highest BCUT2D eigenvalue weighted by atomic mass is 35.5. The number of aryl methyl sites for hydroxylation is 1. The zero-order valence-electron chi connectivity index (χ0n) is 11.8. The number of hydrogen-bond acceptors (Lipinski definition) is 4. The van der Waals surface area contributed by atoms with E-state index < -0.39 is 0 Å². The minimum Gasteiger partial charge on any atom is -0.359 e. The molecule has 110 valence electrons. The summed E-state index contributed by atoms with van der Waals surface area (Å²) in [6.45, 7) is 4.51. The molecule has 1 saturated heterocycles. The molecule has 0 unspecified atom stereocenters. The maximum atomic E-state index is 12.2. The Hall–Kier alpha value is -1.56. The van der Waals surface area contributed by atoms with Crippen molar-refractivity contribution in [2.24, 2.45) is 7.05 Å². The summed E-state index contributed by atoms with van der Waals surface area (Å²) in [6, 6.07) is 0. The minimum absolute atomic E-state index is 0.0705. The summed E-state index contributed by atoms with van der Waals surface area (Å²) < 4.78 is 1.19. The second kappa shape index (κ2) is 6.26. The summed E-state index contributed by atoms with van der Waals surface area (Å²) in [7, 11) is 1.55.